The minimum Gasteiger partial charge on any atom is -0.490 e. The maximum absolute atomic E-state index is 11.6. The molecule has 1 saturated heterocycles. The van der Waals surface area contributed by atoms with Crippen molar-refractivity contribution in [2.24, 2.45) is 16.8 Å². The largest absolute Gasteiger partial charge is 0.490 e. The van der Waals surface area contributed by atoms with Crippen molar-refractivity contribution in [3.63, 3.8) is 0 Å². The summed E-state index contributed by atoms with van der Waals surface area (Å²) < 4.78 is 29.4. The molecule has 1 aliphatic heterocycles. The molecule has 1 fully saturated rings. The third-order valence-electron chi connectivity index (χ3n) is 4.91. The van der Waals surface area contributed by atoms with E-state index in [0.29, 0.717) is 30.7 Å². The average molecular weight is 538 g/mol. The Morgan fingerprint density at radius 1 is 1.28 bits per heavy atom. The van der Waals surface area contributed by atoms with Crippen molar-refractivity contribution in [3.05, 3.63) is 29.3 Å². The summed E-state index contributed by atoms with van der Waals surface area (Å²) in [6, 6.07) is 6.24. The number of ether oxygens (including phenoxy) is 1. The molecule has 0 aliphatic carbocycles. The van der Waals surface area contributed by atoms with Crippen LogP contribution in [0.4, 0.5) is 0 Å². The molecule has 29 heavy (non-hydrogen) atoms. The van der Waals surface area contributed by atoms with Crippen molar-refractivity contribution in [1.82, 2.24) is 10.6 Å². The van der Waals surface area contributed by atoms with Gasteiger partial charge >= 0.3 is 0 Å². The van der Waals surface area contributed by atoms with E-state index in [-0.39, 0.29) is 41.8 Å². The number of sulfone groups is 1. The molecule has 1 heterocycles. The highest BCUT2D eigenvalue weighted by atomic mass is 127. The zero-order valence-corrected chi connectivity index (χ0v) is 21.3. The second-order valence-corrected chi connectivity index (χ2v) is 10.5. The van der Waals surface area contributed by atoms with Crippen LogP contribution < -0.4 is 15.4 Å². The van der Waals surface area contributed by atoms with Crippen LogP contribution in [0.5, 0.6) is 5.75 Å². The van der Waals surface area contributed by atoms with Crippen LogP contribution >= 0.6 is 24.0 Å². The van der Waals surface area contributed by atoms with Gasteiger partial charge in [0.2, 0.25) is 0 Å². The van der Waals surface area contributed by atoms with Crippen molar-refractivity contribution in [2.75, 3.05) is 25.1 Å². The third-order valence-corrected chi connectivity index (χ3v) is 6.75. The molecule has 1 aromatic rings. The normalized spacial score (nSPS) is 19.5. The molecule has 2 unspecified atom stereocenters. The van der Waals surface area contributed by atoms with E-state index in [1.165, 1.54) is 5.56 Å². The summed E-state index contributed by atoms with van der Waals surface area (Å²) >= 11 is 0. The highest BCUT2D eigenvalue weighted by molar-refractivity contribution is 14.0. The Morgan fingerprint density at radius 3 is 2.59 bits per heavy atom. The molecule has 0 radical (unpaired) electrons. The van der Waals surface area contributed by atoms with Crippen LogP contribution in [0.2, 0.25) is 0 Å². The first-order valence-electron chi connectivity index (χ1n) is 10.1. The number of hydrogen-bond acceptors (Lipinski definition) is 4. The predicted molar refractivity (Wildman–Crippen MR) is 131 cm³/mol. The molecule has 0 saturated carbocycles. The van der Waals surface area contributed by atoms with Crippen molar-refractivity contribution in [2.45, 2.75) is 53.2 Å². The zero-order chi connectivity index (χ0) is 20.7. The Balaban J connectivity index is 0.00000420. The molecule has 2 atom stereocenters. The van der Waals surface area contributed by atoms with E-state index >= 15 is 0 Å². The van der Waals surface area contributed by atoms with Gasteiger partial charge in [0.15, 0.2) is 15.8 Å². The quantitative estimate of drug-likeness (QED) is 0.302. The average Bonchev–Trinajstić information content (AvgIpc) is 2.94. The first kappa shape index (κ1) is 26.0. The van der Waals surface area contributed by atoms with Gasteiger partial charge in [-0.3, -0.25) is 4.99 Å². The molecule has 0 bridgehead atoms. The summed E-state index contributed by atoms with van der Waals surface area (Å²) in [7, 11) is -1.13. The number of guanidine groups is 1. The summed E-state index contributed by atoms with van der Waals surface area (Å²) in [5.74, 6) is 2.87. The second-order valence-electron chi connectivity index (χ2n) is 8.24. The molecule has 2 rings (SSSR count). The molecule has 2 N–H and O–H groups in total. The van der Waals surface area contributed by atoms with Crippen molar-refractivity contribution in [3.8, 4) is 5.75 Å². The minimum atomic E-state index is -2.85. The lowest BCUT2D eigenvalue weighted by molar-refractivity contribution is 0.191. The van der Waals surface area contributed by atoms with E-state index in [2.05, 4.69) is 61.5 Å². The van der Waals surface area contributed by atoms with Gasteiger partial charge in [0, 0.05) is 25.7 Å². The lowest BCUT2D eigenvalue weighted by Crippen LogP contribution is -2.39. The van der Waals surface area contributed by atoms with E-state index in [4.69, 9.17) is 4.74 Å². The van der Waals surface area contributed by atoms with E-state index in [1.807, 2.05) is 0 Å². The van der Waals surface area contributed by atoms with Gasteiger partial charge < -0.3 is 15.4 Å². The van der Waals surface area contributed by atoms with Crippen molar-refractivity contribution in [1.29, 1.82) is 0 Å². The maximum Gasteiger partial charge on any atom is 0.191 e. The van der Waals surface area contributed by atoms with Gasteiger partial charge in [-0.25, -0.2) is 8.42 Å². The summed E-state index contributed by atoms with van der Waals surface area (Å²) in [4.78, 5) is 4.25. The Kier molecular flexibility index (Phi) is 10.7. The first-order valence-corrected chi connectivity index (χ1v) is 11.9. The Morgan fingerprint density at radius 2 is 2.00 bits per heavy atom. The standard InChI is InChI=1S/C21H35N3O3S.HI/c1-15(2)10-17(4)27-20-11-16(3)6-7-19(20)13-24-21(22-5)23-12-18-8-9-28(25,26)14-18;/h6-7,11,15,17-18H,8-10,12-14H2,1-5H3,(H2,22,23,24);1H. The zero-order valence-electron chi connectivity index (χ0n) is 18.2. The molecule has 6 nitrogen and oxygen atoms in total. The van der Waals surface area contributed by atoms with E-state index in [0.717, 1.165) is 24.2 Å². The van der Waals surface area contributed by atoms with Gasteiger partial charge in [-0.2, -0.15) is 0 Å². The van der Waals surface area contributed by atoms with Crippen LogP contribution in [0.15, 0.2) is 23.2 Å². The monoisotopic (exact) mass is 537 g/mol. The third kappa shape index (κ3) is 9.11. The summed E-state index contributed by atoms with van der Waals surface area (Å²) in [6.07, 6.45) is 1.88. The molecular weight excluding hydrogens is 501 g/mol. The fourth-order valence-corrected chi connectivity index (χ4v) is 5.38. The van der Waals surface area contributed by atoms with Gasteiger partial charge in [0.05, 0.1) is 17.6 Å². The number of halogens is 1. The molecule has 1 aromatic carbocycles. The van der Waals surface area contributed by atoms with Gasteiger partial charge in [-0.1, -0.05) is 26.0 Å². The predicted octanol–water partition coefficient (Wildman–Crippen LogP) is 3.53. The van der Waals surface area contributed by atoms with Crippen LogP contribution in [-0.2, 0) is 16.4 Å². The van der Waals surface area contributed by atoms with E-state index in [1.54, 1.807) is 7.05 Å². The highest BCUT2D eigenvalue weighted by Crippen LogP contribution is 2.23. The molecule has 0 spiro atoms. The number of benzene rings is 1. The first-order chi connectivity index (χ1) is 13.2. The minimum absolute atomic E-state index is 0. The van der Waals surface area contributed by atoms with Gasteiger partial charge in [0.1, 0.15) is 5.75 Å². The maximum atomic E-state index is 11.6. The second kappa shape index (κ2) is 12.0. The Hall–Kier alpha value is -1.03. The van der Waals surface area contributed by atoms with Crippen LogP contribution in [0.3, 0.4) is 0 Å². The van der Waals surface area contributed by atoms with Gasteiger partial charge in [-0.05, 0) is 50.2 Å². The summed E-state index contributed by atoms with van der Waals surface area (Å²) in [5, 5.41) is 6.56. The van der Waals surface area contributed by atoms with Gasteiger partial charge in [-0.15, -0.1) is 24.0 Å². The number of hydrogen-bond donors (Lipinski definition) is 2. The lowest BCUT2D eigenvalue weighted by Gasteiger charge is -2.20. The van der Waals surface area contributed by atoms with Crippen LogP contribution in [0, 0.1) is 18.8 Å². The molecule has 166 valence electrons. The SMILES string of the molecule is CN=C(NCc1ccc(C)cc1OC(C)CC(C)C)NCC1CCS(=O)(=O)C1.I. The fourth-order valence-electron chi connectivity index (χ4n) is 3.52. The topological polar surface area (TPSA) is 79.8 Å². The van der Waals surface area contributed by atoms with Crippen LogP contribution in [0.25, 0.3) is 0 Å². The Labute approximate surface area is 193 Å². The fraction of sp³-hybridized carbons (Fsp3) is 0.667. The summed E-state index contributed by atoms with van der Waals surface area (Å²) in [5.41, 5.74) is 2.24. The molecule has 8 heteroatoms. The molecule has 0 amide bonds. The lowest BCUT2D eigenvalue weighted by atomic mass is 10.1. The molecular formula is C21H36IN3O3S. The number of aryl methyl sites for hydroxylation is 1. The van der Waals surface area contributed by atoms with E-state index in [9.17, 15) is 8.42 Å². The van der Waals surface area contributed by atoms with Crippen LogP contribution in [-0.4, -0.2) is 45.6 Å². The highest BCUT2D eigenvalue weighted by Gasteiger charge is 2.27. The molecule has 0 aromatic heterocycles. The van der Waals surface area contributed by atoms with Crippen molar-refractivity contribution >= 4 is 39.8 Å². The number of rotatable bonds is 8. The number of nitrogens with one attached hydrogen (secondary N) is 2. The number of nitrogens with zero attached hydrogens (tertiary/aromatic N) is 1. The molecule has 1 aliphatic rings. The number of aliphatic imine (C=N–C) groups is 1. The van der Waals surface area contributed by atoms with E-state index < -0.39 is 9.84 Å². The summed E-state index contributed by atoms with van der Waals surface area (Å²) in [6.45, 7) is 9.77. The smallest absolute Gasteiger partial charge is 0.191 e. The van der Waals surface area contributed by atoms with Gasteiger partial charge in [0.25, 0.3) is 0 Å². The Bertz CT molecular complexity index is 781. The van der Waals surface area contributed by atoms with Crippen molar-refractivity contribution < 1.29 is 13.2 Å². The van der Waals surface area contributed by atoms with Crippen LogP contribution in [0.1, 0.15) is 44.7 Å².